The predicted octanol–water partition coefficient (Wildman–Crippen LogP) is 1.72. The quantitative estimate of drug-likeness (QED) is 0.919. The molecule has 1 atom stereocenters. The number of aromatic nitrogens is 2. The normalized spacial score (nSPS) is 19.3. The first-order valence-electron chi connectivity index (χ1n) is 7.13. The second-order valence-corrected chi connectivity index (χ2v) is 7.95. The molecule has 1 fully saturated rings. The average molecular weight is 338 g/mol. The van der Waals surface area contributed by atoms with Crippen LogP contribution < -0.4 is 9.62 Å². The highest BCUT2D eigenvalue weighted by atomic mass is 32.2. The van der Waals surface area contributed by atoms with Crippen molar-refractivity contribution in [3.8, 4) is 11.4 Å². The maximum absolute atomic E-state index is 11.4. The third kappa shape index (κ3) is 3.82. The van der Waals surface area contributed by atoms with Crippen LogP contribution in [0.3, 0.4) is 0 Å². The van der Waals surface area contributed by atoms with Crippen LogP contribution in [0.25, 0.3) is 11.4 Å². The summed E-state index contributed by atoms with van der Waals surface area (Å²) in [5, 5.41) is 0.846. The molecule has 0 aliphatic carbocycles. The Hall–Kier alpha value is -1.51. The first kappa shape index (κ1) is 15.4. The zero-order valence-corrected chi connectivity index (χ0v) is 13.9. The Labute approximate surface area is 134 Å². The Bertz CT molecular complexity index is 730. The van der Waals surface area contributed by atoms with Crippen molar-refractivity contribution in [2.45, 2.75) is 18.9 Å². The predicted molar refractivity (Wildman–Crippen MR) is 88.6 cm³/mol. The van der Waals surface area contributed by atoms with Crippen LogP contribution in [0.2, 0.25) is 0 Å². The Kier molecular flexibility index (Phi) is 4.42. The molecule has 2 heterocycles. The standard InChI is InChI=1S/C14H18N4O2S2/c1-22(19,20)17-12-8-5-9-18(10-12)14-15-13(16-21-14)11-6-3-2-4-7-11/h2-4,6-7,12,17H,5,8-10H2,1H3. The monoisotopic (exact) mass is 338 g/mol. The summed E-state index contributed by atoms with van der Waals surface area (Å²) in [5.74, 6) is 0.721. The Morgan fingerprint density at radius 2 is 2.09 bits per heavy atom. The van der Waals surface area contributed by atoms with Crippen molar-refractivity contribution < 1.29 is 8.42 Å². The Morgan fingerprint density at radius 1 is 1.32 bits per heavy atom. The van der Waals surface area contributed by atoms with Gasteiger partial charge in [0.15, 0.2) is 5.82 Å². The fraction of sp³-hybridized carbons (Fsp3) is 0.429. The molecule has 6 nitrogen and oxygen atoms in total. The molecule has 0 saturated carbocycles. The molecule has 0 amide bonds. The van der Waals surface area contributed by atoms with Crippen molar-refractivity contribution in [1.29, 1.82) is 0 Å². The minimum Gasteiger partial charge on any atom is -0.345 e. The number of hydrogen-bond acceptors (Lipinski definition) is 6. The highest BCUT2D eigenvalue weighted by molar-refractivity contribution is 7.88. The van der Waals surface area contributed by atoms with Crippen LogP contribution in [0.15, 0.2) is 30.3 Å². The van der Waals surface area contributed by atoms with E-state index in [1.54, 1.807) is 0 Å². The van der Waals surface area contributed by atoms with Gasteiger partial charge in [0.25, 0.3) is 0 Å². The van der Waals surface area contributed by atoms with Gasteiger partial charge in [-0.15, -0.1) is 0 Å². The van der Waals surface area contributed by atoms with Gasteiger partial charge in [-0.1, -0.05) is 30.3 Å². The molecule has 1 aromatic carbocycles. The lowest BCUT2D eigenvalue weighted by atomic mass is 10.1. The van der Waals surface area contributed by atoms with E-state index in [0.717, 1.165) is 35.9 Å². The summed E-state index contributed by atoms with van der Waals surface area (Å²) in [6.07, 6.45) is 2.99. The molecule has 0 radical (unpaired) electrons. The molecule has 22 heavy (non-hydrogen) atoms. The number of nitrogens with one attached hydrogen (secondary N) is 1. The van der Waals surface area contributed by atoms with Crippen molar-refractivity contribution in [1.82, 2.24) is 14.1 Å². The molecule has 1 unspecified atom stereocenters. The van der Waals surface area contributed by atoms with Gasteiger partial charge in [-0.05, 0) is 12.8 Å². The van der Waals surface area contributed by atoms with Crippen molar-refractivity contribution in [2.24, 2.45) is 0 Å². The second-order valence-electron chi connectivity index (χ2n) is 5.44. The van der Waals surface area contributed by atoms with E-state index in [0.29, 0.717) is 6.54 Å². The van der Waals surface area contributed by atoms with E-state index in [1.165, 1.54) is 17.8 Å². The van der Waals surface area contributed by atoms with Crippen molar-refractivity contribution in [3.63, 3.8) is 0 Å². The fourth-order valence-corrected chi connectivity index (χ4v) is 4.12. The summed E-state index contributed by atoms with van der Waals surface area (Å²) in [6.45, 7) is 1.52. The van der Waals surface area contributed by atoms with Gasteiger partial charge in [0, 0.05) is 36.2 Å². The lowest BCUT2D eigenvalue weighted by molar-refractivity contribution is 0.467. The number of piperidine rings is 1. The number of sulfonamides is 1. The van der Waals surface area contributed by atoms with Crippen LogP contribution in [0.5, 0.6) is 0 Å². The van der Waals surface area contributed by atoms with E-state index in [1.807, 2.05) is 30.3 Å². The van der Waals surface area contributed by atoms with Crippen LogP contribution >= 0.6 is 11.5 Å². The minimum absolute atomic E-state index is 0.0622. The van der Waals surface area contributed by atoms with Crippen molar-refractivity contribution in [2.75, 3.05) is 24.2 Å². The molecule has 1 saturated heterocycles. The van der Waals surface area contributed by atoms with Gasteiger partial charge in [0.1, 0.15) is 0 Å². The topological polar surface area (TPSA) is 75.2 Å². The van der Waals surface area contributed by atoms with Gasteiger partial charge >= 0.3 is 0 Å². The van der Waals surface area contributed by atoms with Gasteiger partial charge in [0.2, 0.25) is 15.2 Å². The van der Waals surface area contributed by atoms with E-state index in [-0.39, 0.29) is 6.04 Å². The van der Waals surface area contributed by atoms with Crippen LogP contribution in [-0.2, 0) is 10.0 Å². The zero-order valence-electron chi connectivity index (χ0n) is 12.3. The van der Waals surface area contributed by atoms with Crippen LogP contribution in [0.1, 0.15) is 12.8 Å². The van der Waals surface area contributed by atoms with Gasteiger partial charge in [-0.25, -0.2) is 13.1 Å². The van der Waals surface area contributed by atoms with Crippen molar-refractivity contribution in [3.05, 3.63) is 30.3 Å². The maximum Gasteiger partial charge on any atom is 0.209 e. The molecule has 1 aliphatic rings. The molecular formula is C14H18N4O2S2. The van der Waals surface area contributed by atoms with Crippen molar-refractivity contribution >= 4 is 26.7 Å². The van der Waals surface area contributed by atoms with Gasteiger partial charge in [-0.3, -0.25) is 0 Å². The van der Waals surface area contributed by atoms with E-state index in [9.17, 15) is 8.42 Å². The summed E-state index contributed by atoms with van der Waals surface area (Å²) in [4.78, 5) is 6.70. The average Bonchev–Trinajstić information content (AvgIpc) is 2.96. The highest BCUT2D eigenvalue weighted by Gasteiger charge is 2.24. The second kappa shape index (κ2) is 6.31. The molecule has 1 aromatic heterocycles. The molecule has 0 bridgehead atoms. The van der Waals surface area contributed by atoms with E-state index >= 15 is 0 Å². The highest BCUT2D eigenvalue weighted by Crippen LogP contribution is 2.26. The summed E-state index contributed by atoms with van der Waals surface area (Å²) in [5.41, 5.74) is 0.993. The first-order chi connectivity index (χ1) is 10.5. The van der Waals surface area contributed by atoms with Crippen LogP contribution in [0.4, 0.5) is 5.13 Å². The summed E-state index contributed by atoms with van der Waals surface area (Å²) in [7, 11) is -3.18. The smallest absolute Gasteiger partial charge is 0.209 e. The fourth-order valence-electron chi connectivity index (χ4n) is 2.60. The maximum atomic E-state index is 11.4. The number of nitrogens with zero attached hydrogens (tertiary/aromatic N) is 3. The third-order valence-electron chi connectivity index (χ3n) is 3.52. The lowest BCUT2D eigenvalue weighted by Gasteiger charge is -2.32. The summed E-state index contributed by atoms with van der Waals surface area (Å²) >= 11 is 1.36. The molecular weight excluding hydrogens is 320 g/mol. The molecule has 1 aliphatic heterocycles. The van der Waals surface area contributed by atoms with Crippen LogP contribution in [-0.4, -0.2) is 43.2 Å². The number of rotatable bonds is 4. The number of anilines is 1. The van der Waals surface area contributed by atoms with Gasteiger partial charge in [-0.2, -0.15) is 9.36 Å². The van der Waals surface area contributed by atoms with E-state index in [4.69, 9.17) is 0 Å². The van der Waals surface area contributed by atoms with E-state index in [2.05, 4.69) is 19.0 Å². The Balaban J connectivity index is 1.73. The third-order valence-corrected chi connectivity index (χ3v) is 5.06. The van der Waals surface area contributed by atoms with Gasteiger partial charge in [0.05, 0.1) is 6.26 Å². The summed E-state index contributed by atoms with van der Waals surface area (Å²) < 4.78 is 29.8. The first-order valence-corrected chi connectivity index (χ1v) is 9.79. The Morgan fingerprint density at radius 3 is 2.82 bits per heavy atom. The molecule has 1 N–H and O–H groups in total. The molecule has 118 valence electrons. The SMILES string of the molecule is CS(=O)(=O)NC1CCCN(c2nc(-c3ccccc3)ns2)C1. The van der Waals surface area contributed by atoms with Gasteiger partial charge < -0.3 is 4.90 Å². The lowest BCUT2D eigenvalue weighted by Crippen LogP contribution is -2.47. The molecule has 0 spiro atoms. The number of hydrogen-bond donors (Lipinski definition) is 1. The molecule has 3 rings (SSSR count). The summed E-state index contributed by atoms with van der Waals surface area (Å²) in [6, 6.07) is 9.79. The number of benzene rings is 1. The zero-order chi connectivity index (χ0) is 15.6. The van der Waals surface area contributed by atoms with E-state index < -0.39 is 10.0 Å². The molecule has 2 aromatic rings. The minimum atomic E-state index is -3.18. The largest absolute Gasteiger partial charge is 0.345 e. The molecule has 8 heteroatoms. The van der Waals surface area contributed by atoms with Crippen LogP contribution in [0, 0.1) is 0 Å².